The van der Waals surface area contributed by atoms with Crippen LogP contribution in [0.4, 0.5) is 14.6 Å². The second kappa shape index (κ2) is 8.52. The molecule has 2 aromatic carbocycles. The van der Waals surface area contributed by atoms with Gasteiger partial charge < -0.3 is 5.32 Å². The predicted molar refractivity (Wildman–Crippen MR) is 118 cm³/mol. The van der Waals surface area contributed by atoms with Crippen molar-refractivity contribution in [2.24, 2.45) is 11.8 Å². The van der Waals surface area contributed by atoms with Crippen LogP contribution in [0.3, 0.4) is 0 Å². The summed E-state index contributed by atoms with van der Waals surface area (Å²) < 4.78 is 26.6. The summed E-state index contributed by atoms with van der Waals surface area (Å²) >= 11 is 6.16. The van der Waals surface area contributed by atoms with Gasteiger partial charge in [-0.3, -0.25) is 4.90 Å². The fraction of sp³-hybridized carbons (Fsp3) is 0.333. The van der Waals surface area contributed by atoms with Crippen molar-refractivity contribution in [3.8, 4) is 11.3 Å². The molecule has 160 valence electrons. The molecule has 2 fully saturated rings. The summed E-state index contributed by atoms with van der Waals surface area (Å²) in [6, 6.07) is 15.1. The number of hydrogen-bond donors (Lipinski definition) is 1. The van der Waals surface area contributed by atoms with Gasteiger partial charge in [0, 0.05) is 31.2 Å². The fourth-order valence-electron chi connectivity index (χ4n) is 4.95. The van der Waals surface area contributed by atoms with Crippen LogP contribution in [0.15, 0.2) is 54.6 Å². The molecule has 0 radical (unpaired) electrons. The van der Waals surface area contributed by atoms with Crippen molar-refractivity contribution in [2.75, 3.05) is 18.4 Å². The molecule has 0 spiro atoms. The maximum atomic E-state index is 13.5. The summed E-state index contributed by atoms with van der Waals surface area (Å²) in [5.74, 6) is 1.51. The zero-order chi connectivity index (χ0) is 21.4. The third-order valence-corrected chi connectivity index (χ3v) is 6.70. The van der Waals surface area contributed by atoms with E-state index in [1.54, 1.807) is 0 Å². The van der Waals surface area contributed by atoms with Crippen molar-refractivity contribution in [1.82, 2.24) is 15.1 Å². The molecule has 1 aliphatic carbocycles. The van der Waals surface area contributed by atoms with E-state index in [-0.39, 0.29) is 11.6 Å². The Morgan fingerprint density at radius 2 is 1.61 bits per heavy atom. The molecule has 2 unspecified atom stereocenters. The number of anilines is 1. The third kappa shape index (κ3) is 4.55. The molecule has 1 aliphatic heterocycles. The molecule has 2 heterocycles. The highest BCUT2D eigenvalue weighted by Crippen LogP contribution is 2.39. The second-order valence-corrected chi connectivity index (χ2v) is 8.99. The Morgan fingerprint density at radius 3 is 2.29 bits per heavy atom. The number of nitrogens with zero attached hydrogens (tertiary/aromatic N) is 3. The van der Waals surface area contributed by atoms with Crippen molar-refractivity contribution < 1.29 is 8.78 Å². The first kappa shape index (κ1) is 20.3. The minimum atomic E-state index is -0.352. The maximum Gasteiger partial charge on any atom is 0.148 e. The average molecular weight is 441 g/mol. The normalized spacial score (nSPS) is 23.1. The second-order valence-electron chi connectivity index (χ2n) is 8.58. The van der Waals surface area contributed by atoms with Gasteiger partial charge in [-0.15, -0.1) is 10.2 Å². The summed E-state index contributed by atoms with van der Waals surface area (Å²) in [6.45, 7) is 3.02. The highest BCUT2D eigenvalue weighted by atomic mass is 35.5. The molecular formula is C24H23ClF2N4. The standard InChI is InChI=1S/C24H23ClF2N4/c25-22-6-5-19(27)11-21(22)23-7-8-24(30-29-23)28-20-9-16-13-31(14-17(16)10-20)12-15-1-3-18(26)4-2-15/h1-8,11,16-17,20H,9-10,12-14H2,(H,28,30). The van der Waals surface area contributed by atoms with E-state index in [0.29, 0.717) is 34.2 Å². The molecule has 2 atom stereocenters. The van der Waals surface area contributed by atoms with Crippen molar-refractivity contribution in [3.05, 3.63) is 76.8 Å². The maximum absolute atomic E-state index is 13.5. The van der Waals surface area contributed by atoms with E-state index in [4.69, 9.17) is 11.6 Å². The molecule has 0 amide bonds. The monoisotopic (exact) mass is 440 g/mol. The molecule has 5 rings (SSSR count). The first-order chi connectivity index (χ1) is 15.0. The zero-order valence-corrected chi connectivity index (χ0v) is 17.7. The number of likely N-dealkylation sites (tertiary alicyclic amines) is 1. The van der Waals surface area contributed by atoms with Crippen LogP contribution in [0.2, 0.25) is 5.02 Å². The quantitative estimate of drug-likeness (QED) is 0.577. The molecule has 4 nitrogen and oxygen atoms in total. The number of rotatable bonds is 5. The first-order valence-electron chi connectivity index (χ1n) is 10.6. The van der Waals surface area contributed by atoms with Crippen molar-refractivity contribution >= 4 is 17.4 Å². The predicted octanol–water partition coefficient (Wildman–Crippen LogP) is 5.40. The van der Waals surface area contributed by atoms with Crippen molar-refractivity contribution in [1.29, 1.82) is 0 Å². The molecule has 1 saturated carbocycles. The van der Waals surface area contributed by atoms with Crippen LogP contribution < -0.4 is 5.32 Å². The summed E-state index contributed by atoms with van der Waals surface area (Å²) in [6.07, 6.45) is 2.20. The van der Waals surface area contributed by atoms with Crippen LogP contribution in [0.1, 0.15) is 18.4 Å². The lowest BCUT2D eigenvalue weighted by molar-refractivity contribution is 0.301. The van der Waals surface area contributed by atoms with E-state index in [1.807, 2.05) is 24.3 Å². The SMILES string of the molecule is Fc1ccc(CN2CC3CC(Nc4ccc(-c5cc(F)ccc5Cl)nn4)CC3C2)cc1. The largest absolute Gasteiger partial charge is 0.366 e. The van der Waals surface area contributed by atoms with Crippen LogP contribution in [0, 0.1) is 23.5 Å². The van der Waals surface area contributed by atoms with Gasteiger partial charge in [0.2, 0.25) is 0 Å². The highest BCUT2D eigenvalue weighted by molar-refractivity contribution is 6.33. The van der Waals surface area contributed by atoms with Crippen molar-refractivity contribution in [3.63, 3.8) is 0 Å². The molecule has 7 heteroatoms. The topological polar surface area (TPSA) is 41.0 Å². The minimum absolute atomic E-state index is 0.189. The van der Waals surface area contributed by atoms with E-state index in [2.05, 4.69) is 20.4 Å². The van der Waals surface area contributed by atoms with E-state index in [0.717, 1.165) is 43.9 Å². The van der Waals surface area contributed by atoms with E-state index in [9.17, 15) is 8.78 Å². The van der Waals surface area contributed by atoms with Gasteiger partial charge in [-0.1, -0.05) is 23.7 Å². The lowest BCUT2D eigenvalue weighted by atomic mass is 10.0. The van der Waals surface area contributed by atoms with E-state index in [1.165, 1.54) is 30.3 Å². The Bertz CT molecular complexity index is 1040. The average Bonchev–Trinajstić information content (AvgIpc) is 3.30. The molecule has 1 N–H and O–H groups in total. The van der Waals surface area contributed by atoms with Crippen LogP contribution in [0.5, 0.6) is 0 Å². The molecule has 0 bridgehead atoms. The molecular weight excluding hydrogens is 418 g/mol. The molecule has 31 heavy (non-hydrogen) atoms. The van der Waals surface area contributed by atoms with Crippen molar-refractivity contribution in [2.45, 2.75) is 25.4 Å². The van der Waals surface area contributed by atoms with Crippen LogP contribution in [0.25, 0.3) is 11.3 Å². The Balaban J connectivity index is 1.16. The lowest BCUT2D eigenvalue weighted by Crippen LogP contribution is -2.25. The Labute approximate surface area is 185 Å². The Morgan fingerprint density at radius 1 is 0.903 bits per heavy atom. The molecule has 3 aromatic rings. The number of fused-ring (bicyclic) bond motifs is 1. The number of halogens is 3. The molecule has 1 aromatic heterocycles. The number of nitrogens with one attached hydrogen (secondary N) is 1. The molecule has 2 aliphatic rings. The number of hydrogen-bond acceptors (Lipinski definition) is 4. The van der Waals surface area contributed by atoms with Gasteiger partial charge in [0.15, 0.2) is 0 Å². The van der Waals surface area contributed by atoms with Gasteiger partial charge in [-0.2, -0.15) is 0 Å². The molecule has 1 saturated heterocycles. The summed E-state index contributed by atoms with van der Waals surface area (Å²) in [5.41, 5.74) is 2.25. The van der Waals surface area contributed by atoms with Gasteiger partial charge >= 0.3 is 0 Å². The summed E-state index contributed by atoms with van der Waals surface area (Å²) in [5, 5.41) is 12.5. The van der Waals surface area contributed by atoms with Crippen LogP contribution in [-0.2, 0) is 6.54 Å². The summed E-state index contributed by atoms with van der Waals surface area (Å²) in [4.78, 5) is 2.47. The summed E-state index contributed by atoms with van der Waals surface area (Å²) in [7, 11) is 0. The van der Waals surface area contributed by atoms with Crippen LogP contribution >= 0.6 is 11.6 Å². The van der Waals surface area contributed by atoms with Gasteiger partial charge in [-0.05, 0) is 72.7 Å². The Hall–Kier alpha value is -2.57. The van der Waals surface area contributed by atoms with Crippen LogP contribution in [-0.4, -0.2) is 34.2 Å². The minimum Gasteiger partial charge on any atom is -0.366 e. The van der Waals surface area contributed by atoms with Gasteiger partial charge in [0.25, 0.3) is 0 Å². The van der Waals surface area contributed by atoms with Gasteiger partial charge in [-0.25, -0.2) is 8.78 Å². The zero-order valence-electron chi connectivity index (χ0n) is 16.9. The van der Waals surface area contributed by atoms with Gasteiger partial charge in [0.1, 0.15) is 17.5 Å². The lowest BCUT2D eigenvalue weighted by Gasteiger charge is -2.20. The van der Waals surface area contributed by atoms with E-state index >= 15 is 0 Å². The number of aromatic nitrogens is 2. The highest BCUT2D eigenvalue weighted by Gasteiger charge is 2.40. The van der Waals surface area contributed by atoms with E-state index < -0.39 is 0 Å². The number of benzene rings is 2. The smallest absolute Gasteiger partial charge is 0.148 e. The van der Waals surface area contributed by atoms with Gasteiger partial charge in [0.05, 0.1) is 10.7 Å². The Kier molecular flexibility index (Phi) is 5.59. The fourth-order valence-corrected chi connectivity index (χ4v) is 5.16. The third-order valence-electron chi connectivity index (χ3n) is 6.37. The first-order valence-corrected chi connectivity index (χ1v) is 10.9.